The predicted molar refractivity (Wildman–Crippen MR) is 70.8 cm³/mol. The number of aliphatic carboxylic acids is 1. The van der Waals surface area contributed by atoms with E-state index in [1.807, 2.05) is 6.92 Å². The van der Waals surface area contributed by atoms with Crippen molar-refractivity contribution in [2.75, 3.05) is 26.2 Å². The Kier molecular flexibility index (Phi) is 4.47. The molecule has 0 aromatic carbocycles. The number of piperidine rings is 1. The molecule has 0 spiro atoms. The SMILES string of the molecule is CC1CCCN(S(=O)(=O)N(CC(=O)O)CC2CC2)C1. The molecule has 1 unspecified atom stereocenters. The van der Waals surface area contributed by atoms with E-state index in [0.717, 1.165) is 30.0 Å². The standard InChI is InChI=1S/C12H22N2O4S/c1-10-3-2-6-13(7-10)19(17,18)14(9-12(15)16)8-11-4-5-11/h10-11H,2-9H2,1H3,(H,15,16). The molecule has 7 heteroatoms. The number of rotatable bonds is 6. The van der Waals surface area contributed by atoms with E-state index >= 15 is 0 Å². The molecule has 1 aliphatic carbocycles. The molecular formula is C12H22N2O4S. The highest BCUT2D eigenvalue weighted by atomic mass is 32.2. The summed E-state index contributed by atoms with van der Waals surface area (Å²) in [6, 6.07) is 0. The first-order chi connectivity index (χ1) is 8.89. The number of carbonyl (C=O) groups is 1. The highest BCUT2D eigenvalue weighted by Crippen LogP contribution is 2.31. The van der Waals surface area contributed by atoms with Crippen LogP contribution in [0.3, 0.4) is 0 Å². The third-order valence-electron chi connectivity index (χ3n) is 3.74. The van der Waals surface area contributed by atoms with E-state index in [1.54, 1.807) is 0 Å². The van der Waals surface area contributed by atoms with Crippen molar-refractivity contribution in [3.05, 3.63) is 0 Å². The molecule has 1 saturated heterocycles. The highest BCUT2D eigenvalue weighted by molar-refractivity contribution is 7.86. The molecule has 0 aromatic rings. The zero-order valence-electron chi connectivity index (χ0n) is 11.3. The average Bonchev–Trinajstić information content (AvgIpc) is 3.11. The fraction of sp³-hybridized carbons (Fsp3) is 0.917. The topological polar surface area (TPSA) is 77.9 Å². The van der Waals surface area contributed by atoms with Crippen molar-refractivity contribution in [2.45, 2.75) is 32.6 Å². The number of nitrogens with zero attached hydrogens (tertiary/aromatic N) is 2. The van der Waals surface area contributed by atoms with Crippen molar-refractivity contribution in [1.29, 1.82) is 0 Å². The summed E-state index contributed by atoms with van der Waals surface area (Å²) < 4.78 is 27.6. The zero-order valence-corrected chi connectivity index (χ0v) is 12.1. The summed E-state index contributed by atoms with van der Waals surface area (Å²) in [5, 5.41) is 8.91. The summed E-state index contributed by atoms with van der Waals surface area (Å²) in [4.78, 5) is 10.9. The molecule has 0 radical (unpaired) electrons. The second-order valence-electron chi connectivity index (χ2n) is 5.74. The van der Waals surface area contributed by atoms with E-state index in [9.17, 15) is 13.2 Å². The minimum Gasteiger partial charge on any atom is -0.480 e. The van der Waals surface area contributed by atoms with Crippen LogP contribution in [0.5, 0.6) is 0 Å². The lowest BCUT2D eigenvalue weighted by molar-refractivity contribution is -0.137. The lowest BCUT2D eigenvalue weighted by Crippen LogP contribution is -2.49. The van der Waals surface area contributed by atoms with Crippen LogP contribution < -0.4 is 0 Å². The molecule has 1 N–H and O–H groups in total. The zero-order chi connectivity index (χ0) is 14.0. The average molecular weight is 290 g/mol. The van der Waals surface area contributed by atoms with E-state index in [1.165, 1.54) is 4.31 Å². The minimum atomic E-state index is -3.62. The summed E-state index contributed by atoms with van der Waals surface area (Å²) in [6.07, 6.45) is 3.89. The van der Waals surface area contributed by atoms with Crippen molar-refractivity contribution in [3.63, 3.8) is 0 Å². The van der Waals surface area contributed by atoms with E-state index in [0.29, 0.717) is 31.5 Å². The van der Waals surface area contributed by atoms with E-state index in [4.69, 9.17) is 5.11 Å². The Balaban J connectivity index is 2.09. The van der Waals surface area contributed by atoms with Gasteiger partial charge in [-0.25, -0.2) is 0 Å². The fourth-order valence-corrected chi connectivity index (χ4v) is 4.30. The van der Waals surface area contributed by atoms with Gasteiger partial charge in [0.15, 0.2) is 0 Å². The largest absolute Gasteiger partial charge is 0.480 e. The molecule has 1 atom stereocenters. The number of hydrogen-bond donors (Lipinski definition) is 1. The fourth-order valence-electron chi connectivity index (χ4n) is 2.50. The van der Waals surface area contributed by atoms with Crippen molar-refractivity contribution in [2.24, 2.45) is 11.8 Å². The first-order valence-corrected chi connectivity index (χ1v) is 8.26. The molecule has 2 aliphatic rings. The van der Waals surface area contributed by atoms with Gasteiger partial charge in [-0.15, -0.1) is 0 Å². The monoisotopic (exact) mass is 290 g/mol. The number of carboxylic acids is 1. The third kappa shape index (κ3) is 3.90. The van der Waals surface area contributed by atoms with Gasteiger partial charge in [-0.3, -0.25) is 4.79 Å². The van der Waals surface area contributed by atoms with Gasteiger partial charge < -0.3 is 5.11 Å². The Labute approximate surface area is 114 Å². The molecule has 0 amide bonds. The maximum atomic E-state index is 12.5. The molecule has 19 heavy (non-hydrogen) atoms. The van der Waals surface area contributed by atoms with Gasteiger partial charge in [0.1, 0.15) is 6.54 Å². The molecule has 2 rings (SSSR count). The van der Waals surface area contributed by atoms with E-state index in [2.05, 4.69) is 0 Å². The van der Waals surface area contributed by atoms with Crippen LogP contribution in [0.1, 0.15) is 32.6 Å². The summed E-state index contributed by atoms with van der Waals surface area (Å²) in [5.41, 5.74) is 0. The van der Waals surface area contributed by atoms with Crippen LogP contribution in [0.15, 0.2) is 0 Å². The van der Waals surface area contributed by atoms with Gasteiger partial charge in [0.2, 0.25) is 0 Å². The third-order valence-corrected chi connectivity index (χ3v) is 5.66. The normalized spacial score (nSPS) is 25.7. The summed E-state index contributed by atoms with van der Waals surface area (Å²) >= 11 is 0. The summed E-state index contributed by atoms with van der Waals surface area (Å²) in [6.45, 7) is 2.96. The molecule has 6 nitrogen and oxygen atoms in total. The molecular weight excluding hydrogens is 268 g/mol. The molecule has 1 heterocycles. The quantitative estimate of drug-likeness (QED) is 0.783. The van der Waals surface area contributed by atoms with E-state index in [-0.39, 0.29) is 0 Å². The maximum Gasteiger partial charge on any atom is 0.318 e. The highest BCUT2D eigenvalue weighted by Gasteiger charge is 2.36. The smallest absolute Gasteiger partial charge is 0.318 e. The van der Waals surface area contributed by atoms with Crippen molar-refractivity contribution in [1.82, 2.24) is 8.61 Å². The van der Waals surface area contributed by atoms with Crippen LogP contribution in [0, 0.1) is 11.8 Å². The van der Waals surface area contributed by atoms with Crippen molar-refractivity contribution < 1.29 is 18.3 Å². The second kappa shape index (κ2) is 5.76. The number of carboxylic acid groups (broad SMARTS) is 1. The van der Waals surface area contributed by atoms with Gasteiger partial charge in [0.05, 0.1) is 0 Å². The Morgan fingerprint density at radius 2 is 2.05 bits per heavy atom. The van der Waals surface area contributed by atoms with Crippen LogP contribution in [0.4, 0.5) is 0 Å². The Hall–Kier alpha value is -0.660. The molecule has 1 aliphatic heterocycles. The van der Waals surface area contributed by atoms with Crippen molar-refractivity contribution in [3.8, 4) is 0 Å². The van der Waals surface area contributed by atoms with Crippen LogP contribution in [0.2, 0.25) is 0 Å². The summed E-state index contributed by atoms with van der Waals surface area (Å²) in [7, 11) is -3.62. The molecule has 110 valence electrons. The van der Waals surface area contributed by atoms with Gasteiger partial charge in [-0.2, -0.15) is 17.0 Å². The Morgan fingerprint density at radius 1 is 1.37 bits per heavy atom. The second-order valence-corrected chi connectivity index (χ2v) is 7.67. The minimum absolute atomic E-state index is 0.344. The van der Waals surface area contributed by atoms with Gasteiger partial charge >= 0.3 is 5.97 Å². The van der Waals surface area contributed by atoms with Crippen molar-refractivity contribution >= 4 is 16.2 Å². The van der Waals surface area contributed by atoms with Crippen LogP contribution in [0.25, 0.3) is 0 Å². The molecule has 1 saturated carbocycles. The molecule has 2 fully saturated rings. The van der Waals surface area contributed by atoms with Gasteiger partial charge in [-0.1, -0.05) is 6.92 Å². The van der Waals surface area contributed by atoms with Crippen LogP contribution in [-0.2, 0) is 15.0 Å². The van der Waals surface area contributed by atoms with Gasteiger partial charge in [0.25, 0.3) is 10.2 Å². The maximum absolute atomic E-state index is 12.5. The van der Waals surface area contributed by atoms with Crippen LogP contribution in [-0.4, -0.2) is 54.3 Å². The Bertz CT molecular complexity index is 433. The van der Waals surface area contributed by atoms with Gasteiger partial charge in [-0.05, 0) is 37.5 Å². The predicted octanol–water partition coefficient (Wildman–Crippen LogP) is 0.760. The first-order valence-electron chi connectivity index (χ1n) is 6.86. The first kappa shape index (κ1) is 14.7. The van der Waals surface area contributed by atoms with Gasteiger partial charge in [0, 0.05) is 19.6 Å². The van der Waals surface area contributed by atoms with Crippen LogP contribution >= 0.6 is 0 Å². The van der Waals surface area contributed by atoms with E-state index < -0.39 is 22.7 Å². The molecule has 0 bridgehead atoms. The summed E-state index contributed by atoms with van der Waals surface area (Å²) in [5.74, 6) is -0.401. The Morgan fingerprint density at radius 3 is 2.58 bits per heavy atom. The molecule has 0 aromatic heterocycles. The number of hydrogen-bond acceptors (Lipinski definition) is 3. The lowest BCUT2D eigenvalue weighted by atomic mass is 10.0. The lowest BCUT2D eigenvalue weighted by Gasteiger charge is -2.34.